The number of alkyl halides is 7. The Hall–Kier alpha value is -2.47. The van der Waals surface area contributed by atoms with E-state index >= 15 is 0 Å². The number of halogens is 7. The molecule has 1 heterocycles. The van der Waals surface area contributed by atoms with Crippen LogP contribution in [-0.2, 0) is 20.0 Å². The van der Waals surface area contributed by atoms with Crippen LogP contribution in [0, 0.1) is 0 Å². The van der Waals surface area contributed by atoms with Crippen LogP contribution in [0.2, 0.25) is 0 Å². The lowest BCUT2D eigenvalue weighted by atomic mass is 10.0. The molecule has 1 amide bonds. The molecule has 0 spiro atoms. The number of amides is 1. The quantitative estimate of drug-likeness (QED) is 0.630. The average Bonchev–Trinajstić information content (AvgIpc) is 2.50. The molecular weight excluding hydrogens is 367 g/mol. The SMILES string of the molecule is COC(=O)CCC(=O)Nc1cnc(C(F)(C(F)(F)F)C(F)(F)F)cn1. The summed E-state index contributed by atoms with van der Waals surface area (Å²) in [7, 11) is 1.08. The normalized spacial score (nSPS) is 12.6. The maximum absolute atomic E-state index is 13.7. The summed E-state index contributed by atoms with van der Waals surface area (Å²) in [6, 6.07) is 0. The zero-order valence-electron chi connectivity index (χ0n) is 12.3. The largest absolute Gasteiger partial charge is 0.469 e. The Kier molecular flexibility index (Phi) is 5.92. The minimum absolute atomic E-state index is 0.0864. The Balaban J connectivity index is 2.95. The lowest BCUT2D eigenvalue weighted by Gasteiger charge is -2.28. The Morgan fingerprint density at radius 2 is 1.56 bits per heavy atom. The van der Waals surface area contributed by atoms with Gasteiger partial charge in [-0.05, 0) is 0 Å². The highest BCUT2D eigenvalue weighted by atomic mass is 19.4. The number of nitrogens with zero attached hydrogens (tertiary/aromatic N) is 2. The van der Waals surface area contributed by atoms with Crippen LogP contribution in [0.25, 0.3) is 0 Å². The van der Waals surface area contributed by atoms with Crippen LogP contribution in [0.1, 0.15) is 18.5 Å². The molecule has 1 N–H and O–H groups in total. The van der Waals surface area contributed by atoms with Crippen molar-refractivity contribution >= 4 is 17.7 Å². The molecule has 13 heteroatoms. The molecule has 1 aromatic heterocycles. The summed E-state index contributed by atoms with van der Waals surface area (Å²) < 4.78 is 93.1. The summed E-state index contributed by atoms with van der Waals surface area (Å²) in [6.07, 6.45) is -13.1. The lowest BCUT2D eigenvalue weighted by molar-refractivity contribution is -0.350. The van der Waals surface area contributed by atoms with Crippen molar-refractivity contribution in [3.8, 4) is 0 Å². The highest BCUT2D eigenvalue weighted by Gasteiger charge is 2.74. The number of methoxy groups -OCH3 is 1. The Labute approximate surface area is 135 Å². The number of aromatic nitrogens is 2. The van der Waals surface area contributed by atoms with Crippen molar-refractivity contribution in [1.82, 2.24) is 9.97 Å². The lowest BCUT2D eigenvalue weighted by Crippen LogP contribution is -2.51. The molecule has 0 aromatic carbocycles. The van der Waals surface area contributed by atoms with E-state index in [1.165, 1.54) is 0 Å². The average molecular weight is 377 g/mol. The number of anilines is 1. The monoisotopic (exact) mass is 377 g/mol. The van der Waals surface area contributed by atoms with Crippen LogP contribution in [0.4, 0.5) is 36.6 Å². The van der Waals surface area contributed by atoms with Crippen LogP contribution in [0.15, 0.2) is 12.4 Å². The van der Waals surface area contributed by atoms with Crippen molar-refractivity contribution in [3.63, 3.8) is 0 Å². The van der Waals surface area contributed by atoms with E-state index in [1.54, 1.807) is 0 Å². The van der Waals surface area contributed by atoms with Crippen molar-refractivity contribution in [1.29, 1.82) is 0 Å². The summed E-state index contributed by atoms with van der Waals surface area (Å²) >= 11 is 0. The van der Waals surface area contributed by atoms with Gasteiger partial charge in [-0.3, -0.25) is 14.6 Å². The van der Waals surface area contributed by atoms with Crippen molar-refractivity contribution in [2.24, 2.45) is 0 Å². The molecule has 0 unspecified atom stereocenters. The molecule has 0 fully saturated rings. The first-order valence-corrected chi connectivity index (χ1v) is 6.34. The molecule has 0 aliphatic heterocycles. The fraction of sp³-hybridized carbons (Fsp3) is 0.500. The molecule has 0 aliphatic rings. The molecule has 1 aromatic rings. The second-order valence-corrected chi connectivity index (χ2v) is 4.57. The molecule has 25 heavy (non-hydrogen) atoms. The third kappa shape index (κ3) is 4.54. The number of nitrogens with one attached hydrogen (secondary N) is 1. The molecule has 0 saturated carbocycles. The van der Waals surface area contributed by atoms with Gasteiger partial charge in [-0.2, -0.15) is 26.3 Å². The van der Waals surface area contributed by atoms with Gasteiger partial charge < -0.3 is 10.1 Å². The topological polar surface area (TPSA) is 81.2 Å². The molecule has 0 saturated heterocycles. The second-order valence-electron chi connectivity index (χ2n) is 4.57. The van der Waals surface area contributed by atoms with Crippen molar-refractivity contribution in [2.45, 2.75) is 30.9 Å². The van der Waals surface area contributed by atoms with Gasteiger partial charge in [-0.1, -0.05) is 0 Å². The van der Waals surface area contributed by atoms with Crippen LogP contribution < -0.4 is 5.32 Å². The molecule has 6 nitrogen and oxygen atoms in total. The number of hydrogen-bond donors (Lipinski definition) is 1. The number of carbonyl (C=O) groups excluding carboxylic acids is 2. The second kappa shape index (κ2) is 7.19. The maximum atomic E-state index is 13.7. The van der Waals surface area contributed by atoms with E-state index in [-0.39, 0.29) is 19.0 Å². The third-order valence-corrected chi connectivity index (χ3v) is 2.84. The van der Waals surface area contributed by atoms with Gasteiger partial charge in [0.05, 0.1) is 25.9 Å². The van der Waals surface area contributed by atoms with E-state index in [4.69, 9.17) is 0 Å². The van der Waals surface area contributed by atoms with Crippen LogP contribution in [0.5, 0.6) is 0 Å². The van der Waals surface area contributed by atoms with Crippen LogP contribution >= 0.6 is 0 Å². The number of ether oxygens (including phenoxy) is 1. The maximum Gasteiger partial charge on any atom is 0.437 e. The number of hydrogen-bond acceptors (Lipinski definition) is 5. The van der Waals surface area contributed by atoms with Gasteiger partial charge in [0.1, 0.15) is 5.69 Å². The van der Waals surface area contributed by atoms with Gasteiger partial charge in [-0.15, -0.1) is 0 Å². The van der Waals surface area contributed by atoms with Crippen LogP contribution in [0.3, 0.4) is 0 Å². The van der Waals surface area contributed by atoms with Crippen molar-refractivity contribution in [3.05, 3.63) is 18.1 Å². The van der Waals surface area contributed by atoms with Gasteiger partial charge >= 0.3 is 24.0 Å². The van der Waals surface area contributed by atoms with E-state index in [0.717, 1.165) is 7.11 Å². The molecular formula is C12H10F7N3O3. The summed E-state index contributed by atoms with van der Waals surface area (Å²) in [5.74, 6) is -2.06. The predicted octanol–water partition coefficient (Wildman–Crippen LogP) is 2.66. The van der Waals surface area contributed by atoms with E-state index < -0.39 is 41.4 Å². The minimum Gasteiger partial charge on any atom is -0.469 e. The number of carbonyl (C=O) groups is 2. The highest BCUT2D eigenvalue weighted by Crippen LogP contribution is 2.52. The third-order valence-electron chi connectivity index (χ3n) is 2.84. The molecule has 0 radical (unpaired) electrons. The van der Waals surface area contributed by atoms with Gasteiger partial charge in [0.2, 0.25) is 5.91 Å². The Morgan fingerprint density at radius 1 is 1.00 bits per heavy atom. The summed E-state index contributed by atoms with van der Waals surface area (Å²) in [5, 5.41) is 1.97. The van der Waals surface area contributed by atoms with E-state index in [2.05, 4.69) is 14.7 Å². The summed E-state index contributed by atoms with van der Waals surface area (Å²) in [6.45, 7) is 0. The molecule has 140 valence electrons. The van der Waals surface area contributed by atoms with E-state index in [0.29, 0.717) is 6.20 Å². The molecule has 0 aliphatic carbocycles. The van der Waals surface area contributed by atoms with Crippen molar-refractivity contribution < 1.29 is 45.1 Å². The predicted molar refractivity (Wildman–Crippen MR) is 66.8 cm³/mol. The highest BCUT2D eigenvalue weighted by molar-refractivity contribution is 5.91. The first kappa shape index (κ1) is 20.6. The zero-order chi connectivity index (χ0) is 19.5. The Bertz CT molecular complexity index is 614. The summed E-state index contributed by atoms with van der Waals surface area (Å²) in [5.41, 5.74) is -7.74. The fourth-order valence-electron chi connectivity index (χ4n) is 1.54. The first-order valence-electron chi connectivity index (χ1n) is 6.34. The van der Waals surface area contributed by atoms with E-state index in [1.807, 2.05) is 5.32 Å². The standard InChI is InChI=1S/C12H10F7N3O3/c1-25-9(24)3-2-8(23)22-7-5-20-6(4-21-7)10(13,11(14,15)16)12(17,18)19/h4-5H,2-3H2,1H3,(H,21,22,23). The molecule has 0 atom stereocenters. The minimum atomic E-state index is -6.31. The smallest absolute Gasteiger partial charge is 0.437 e. The summed E-state index contributed by atoms with van der Waals surface area (Å²) in [4.78, 5) is 28.1. The fourth-order valence-corrected chi connectivity index (χ4v) is 1.54. The molecule has 1 rings (SSSR count). The number of esters is 1. The first-order chi connectivity index (χ1) is 11.3. The van der Waals surface area contributed by atoms with Crippen molar-refractivity contribution in [2.75, 3.05) is 12.4 Å². The van der Waals surface area contributed by atoms with Gasteiger partial charge in [0.15, 0.2) is 5.82 Å². The van der Waals surface area contributed by atoms with Gasteiger partial charge in [0.25, 0.3) is 0 Å². The number of rotatable bonds is 5. The molecule has 0 bridgehead atoms. The zero-order valence-corrected chi connectivity index (χ0v) is 12.3. The van der Waals surface area contributed by atoms with Gasteiger partial charge in [0, 0.05) is 6.42 Å². The van der Waals surface area contributed by atoms with E-state index in [9.17, 15) is 40.3 Å². The van der Waals surface area contributed by atoms with Gasteiger partial charge in [-0.25, -0.2) is 9.37 Å². The van der Waals surface area contributed by atoms with Crippen LogP contribution in [-0.4, -0.2) is 41.3 Å². The Morgan fingerprint density at radius 3 is 1.96 bits per heavy atom.